The zero-order valence-electron chi connectivity index (χ0n) is 13.1. The Bertz CT molecular complexity index is 493. The fraction of sp³-hybridized carbons (Fsp3) is 0.625. The summed E-state index contributed by atoms with van der Waals surface area (Å²) in [6.45, 7) is 8.86. The van der Waals surface area contributed by atoms with Crippen molar-refractivity contribution in [2.24, 2.45) is 5.92 Å². The third-order valence-corrected chi connectivity index (χ3v) is 5.51. The van der Waals surface area contributed by atoms with E-state index in [4.69, 9.17) is 4.74 Å². The highest BCUT2D eigenvalue weighted by Crippen LogP contribution is 2.38. The lowest BCUT2D eigenvalue weighted by Crippen LogP contribution is -2.58. The number of ether oxygens (including phenoxy) is 1. The summed E-state index contributed by atoms with van der Waals surface area (Å²) in [5, 5.41) is 3.68. The molecule has 3 nitrogen and oxygen atoms in total. The maximum atomic E-state index is 5.46. The standard InChI is InChI=1S/C16H24Br2N2O/c1-5-11-8-19-14(10(2)3)9-20(11)15-7-16(21-4)13(18)6-12(15)17/h6-7,10-11,14,19H,5,8-9H2,1-4H3. The fourth-order valence-corrected chi connectivity index (χ4v) is 4.21. The summed E-state index contributed by atoms with van der Waals surface area (Å²) < 4.78 is 7.55. The molecule has 1 aliphatic rings. The van der Waals surface area contributed by atoms with E-state index in [0.717, 1.165) is 34.2 Å². The van der Waals surface area contributed by atoms with E-state index in [0.29, 0.717) is 18.0 Å². The highest BCUT2D eigenvalue weighted by molar-refractivity contribution is 9.11. The molecule has 2 unspecified atom stereocenters. The first kappa shape index (κ1) is 17.1. The van der Waals surface area contributed by atoms with Crippen molar-refractivity contribution in [2.75, 3.05) is 25.1 Å². The Morgan fingerprint density at radius 2 is 2.05 bits per heavy atom. The molecular formula is C16H24Br2N2O. The van der Waals surface area contributed by atoms with Crippen LogP contribution in [0.15, 0.2) is 21.1 Å². The summed E-state index contributed by atoms with van der Waals surface area (Å²) in [6.07, 6.45) is 1.13. The molecule has 1 aliphatic heterocycles. The molecule has 1 heterocycles. The maximum absolute atomic E-state index is 5.46. The van der Waals surface area contributed by atoms with Crippen LogP contribution in [-0.4, -0.2) is 32.3 Å². The molecule has 1 fully saturated rings. The van der Waals surface area contributed by atoms with Gasteiger partial charge in [-0.2, -0.15) is 0 Å². The molecule has 1 aromatic rings. The molecule has 0 amide bonds. The Morgan fingerprint density at radius 1 is 1.33 bits per heavy atom. The van der Waals surface area contributed by atoms with Gasteiger partial charge in [-0.25, -0.2) is 0 Å². The monoisotopic (exact) mass is 418 g/mol. The van der Waals surface area contributed by atoms with Gasteiger partial charge in [0.15, 0.2) is 0 Å². The first-order chi connectivity index (χ1) is 9.97. The minimum absolute atomic E-state index is 0.516. The van der Waals surface area contributed by atoms with Crippen LogP contribution in [0.25, 0.3) is 0 Å². The molecule has 2 atom stereocenters. The number of hydrogen-bond donors (Lipinski definition) is 1. The van der Waals surface area contributed by atoms with E-state index >= 15 is 0 Å². The van der Waals surface area contributed by atoms with Crippen molar-refractivity contribution in [1.29, 1.82) is 0 Å². The van der Waals surface area contributed by atoms with Crippen LogP contribution < -0.4 is 15.0 Å². The summed E-state index contributed by atoms with van der Waals surface area (Å²) in [7, 11) is 1.71. The van der Waals surface area contributed by atoms with Crippen LogP contribution in [0.4, 0.5) is 5.69 Å². The van der Waals surface area contributed by atoms with Gasteiger partial charge < -0.3 is 15.0 Å². The zero-order valence-corrected chi connectivity index (χ0v) is 16.3. The van der Waals surface area contributed by atoms with E-state index in [-0.39, 0.29) is 0 Å². The SMILES string of the molecule is CCC1CNC(C(C)C)CN1c1cc(OC)c(Br)cc1Br. The van der Waals surface area contributed by atoms with E-state index in [1.165, 1.54) is 5.69 Å². The average molecular weight is 420 g/mol. The number of nitrogens with one attached hydrogen (secondary N) is 1. The van der Waals surface area contributed by atoms with Crippen molar-refractivity contribution in [3.05, 3.63) is 21.1 Å². The molecule has 0 saturated carbocycles. The lowest BCUT2D eigenvalue weighted by Gasteiger charge is -2.43. The first-order valence-corrected chi connectivity index (χ1v) is 9.09. The topological polar surface area (TPSA) is 24.5 Å². The molecule has 118 valence electrons. The average Bonchev–Trinajstić information content (AvgIpc) is 2.46. The lowest BCUT2D eigenvalue weighted by atomic mass is 9.98. The van der Waals surface area contributed by atoms with Gasteiger partial charge in [-0.1, -0.05) is 20.8 Å². The molecule has 1 saturated heterocycles. The Morgan fingerprint density at radius 3 is 2.62 bits per heavy atom. The fourth-order valence-electron chi connectivity index (χ4n) is 2.82. The molecule has 2 rings (SSSR count). The lowest BCUT2D eigenvalue weighted by molar-refractivity contribution is 0.324. The second-order valence-corrected chi connectivity index (χ2v) is 7.62. The summed E-state index contributed by atoms with van der Waals surface area (Å²) >= 11 is 7.26. The van der Waals surface area contributed by atoms with Gasteiger partial charge in [0.2, 0.25) is 0 Å². The van der Waals surface area contributed by atoms with E-state index in [2.05, 4.69) is 75.0 Å². The molecule has 21 heavy (non-hydrogen) atoms. The van der Waals surface area contributed by atoms with E-state index < -0.39 is 0 Å². The van der Waals surface area contributed by atoms with E-state index in [1.807, 2.05) is 0 Å². The zero-order chi connectivity index (χ0) is 15.6. The molecule has 0 bridgehead atoms. The Hall–Kier alpha value is -0.260. The molecule has 1 aromatic carbocycles. The number of benzene rings is 1. The van der Waals surface area contributed by atoms with Crippen molar-refractivity contribution in [1.82, 2.24) is 5.32 Å². The van der Waals surface area contributed by atoms with Crippen LogP contribution in [0, 0.1) is 5.92 Å². The van der Waals surface area contributed by atoms with Gasteiger partial charge in [-0.05, 0) is 50.3 Å². The highest BCUT2D eigenvalue weighted by Gasteiger charge is 2.30. The second-order valence-electron chi connectivity index (χ2n) is 5.91. The van der Waals surface area contributed by atoms with E-state index in [9.17, 15) is 0 Å². The van der Waals surface area contributed by atoms with Crippen LogP contribution >= 0.6 is 31.9 Å². The summed E-state index contributed by atoms with van der Waals surface area (Å²) in [5.41, 5.74) is 1.22. The normalized spacial score (nSPS) is 22.7. The highest BCUT2D eigenvalue weighted by atomic mass is 79.9. The molecule has 0 aliphatic carbocycles. The van der Waals surface area contributed by atoms with Crippen LogP contribution in [0.1, 0.15) is 27.2 Å². The predicted molar refractivity (Wildman–Crippen MR) is 96.4 cm³/mol. The summed E-state index contributed by atoms with van der Waals surface area (Å²) in [6, 6.07) is 5.24. The number of rotatable bonds is 4. The minimum Gasteiger partial charge on any atom is -0.495 e. The minimum atomic E-state index is 0.516. The van der Waals surface area contributed by atoms with Crippen LogP contribution in [-0.2, 0) is 0 Å². The third kappa shape index (κ3) is 3.74. The van der Waals surface area contributed by atoms with Gasteiger partial charge >= 0.3 is 0 Å². The smallest absolute Gasteiger partial charge is 0.135 e. The van der Waals surface area contributed by atoms with Crippen molar-refractivity contribution >= 4 is 37.5 Å². The Balaban J connectivity index is 2.36. The number of hydrogen-bond acceptors (Lipinski definition) is 3. The Kier molecular flexibility index (Phi) is 5.97. The number of methoxy groups -OCH3 is 1. The summed E-state index contributed by atoms with van der Waals surface area (Å²) in [5.74, 6) is 1.50. The molecule has 5 heteroatoms. The second kappa shape index (κ2) is 7.34. The van der Waals surface area contributed by atoms with Crippen molar-refractivity contribution in [3.63, 3.8) is 0 Å². The maximum Gasteiger partial charge on any atom is 0.135 e. The van der Waals surface area contributed by atoms with Crippen molar-refractivity contribution < 1.29 is 4.74 Å². The number of anilines is 1. The van der Waals surface area contributed by atoms with Gasteiger partial charge in [0.1, 0.15) is 5.75 Å². The van der Waals surface area contributed by atoms with Gasteiger partial charge in [0, 0.05) is 35.7 Å². The largest absolute Gasteiger partial charge is 0.495 e. The molecular weight excluding hydrogens is 396 g/mol. The van der Waals surface area contributed by atoms with Crippen LogP contribution in [0.5, 0.6) is 5.75 Å². The molecule has 1 N–H and O–H groups in total. The molecule has 0 radical (unpaired) electrons. The predicted octanol–water partition coefficient (Wildman–Crippen LogP) is 4.43. The van der Waals surface area contributed by atoms with Crippen molar-refractivity contribution in [3.8, 4) is 5.75 Å². The third-order valence-electron chi connectivity index (χ3n) is 4.26. The van der Waals surface area contributed by atoms with Crippen LogP contribution in [0.3, 0.4) is 0 Å². The van der Waals surface area contributed by atoms with Gasteiger partial charge in [0.05, 0.1) is 17.3 Å². The quantitative estimate of drug-likeness (QED) is 0.780. The number of halogens is 2. The van der Waals surface area contributed by atoms with Crippen molar-refractivity contribution in [2.45, 2.75) is 39.3 Å². The van der Waals surface area contributed by atoms with Gasteiger partial charge in [-0.15, -0.1) is 0 Å². The number of piperazine rings is 1. The Labute approximate surface area is 144 Å². The van der Waals surface area contributed by atoms with Crippen LogP contribution in [0.2, 0.25) is 0 Å². The molecule has 0 spiro atoms. The number of nitrogens with zero attached hydrogens (tertiary/aromatic N) is 1. The molecule has 0 aromatic heterocycles. The summed E-state index contributed by atoms with van der Waals surface area (Å²) in [4.78, 5) is 2.51. The van der Waals surface area contributed by atoms with Gasteiger partial charge in [-0.3, -0.25) is 0 Å². The van der Waals surface area contributed by atoms with E-state index in [1.54, 1.807) is 7.11 Å². The first-order valence-electron chi connectivity index (χ1n) is 7.51. The van der Waals surface area contributed by atoms with Gasteiger partial charge in [0.25, 0.3) is 0 Å².